The van der Waals surface area contributed by atoms with Crippen LogP contribution in [0.5, 0.6) is 0 Å². The Kier molecular flexibility index (Phi) is 2.57. The zero-order valence-electron chi connectivity index (χ0n) is 18.0. The lowest BCUT2D eigenvalue weighted by Gasteiger charge is -2.40. The largest absolute Gasteiger partial charge is 0.279 e. The van der Waals surface area contributed by atoms with Crippen LogP contribution in [-0.2, 0) is 5.41 Å². The van der Waals surface area contributed by atoms with Crippen molar-refractivity contribution in [3.63, 3.8) is 0 Å². The van der Waals surface area contributed by atoms with Crippen LogP contribution in [0, 0.1) is 5.41 Å². The summed E-state index contributed by atoms with van der Waals surface area (Å²) in [6.07, 6.45) is 6.61. The molecule has 150 valence electrons. The van der Waals surface area contributed by atoms with E-state index in [1.807, 2.05) is 0 Å². The number of fused-ring (bicyclic) bond motifs is 12. The topological polar surface area (TPSA) is 30.2 Å². The van der Waals surface area contributed by atoms with E-state index in [0.717, 1.165) is 23.0 Å². The molecule has 4 aliphatic rings. The maximum absolute atomic E-state index is 5.36. The summed E-state index contributed by atoms with van der Waals surface area (Å²) in [5.74, 6) is 3.38. The van der Waals surface area contributed by atoms with Gasteiger partial charge in [0, 0.05) is 10.8 Å². The molecule has 4 aromatic rings. The first-order valence-corrected chi connectivity index (χ1v) is 11.8. The smallest absolute Gasteiger partial charge is 0.148 e. The highest BCUT2D eigenvalue weighted by Crippen LogP contribution is 2.66. The molecule has 0 saturated heterocycles. The van der Waals surface area contributed by atoms with Gasteiger partial charge in [0.05, 0.1) is 16.6 Å². The van der Waals surface area contributed by atoms with Crippen molar-refractivity contribution in [3.05, 3.63) is 52.8 Å². The van der Waals surface area contributed by atoms with Crippen molar-refractivity contribution in [2.24, 2.45) is 5.41 Å². The molecule has 0 radical (unpaired) electrons. The number of imidazole rings is 1. The number of hydrogen-bond acceptors (Lipinski definition) is 2. The van der Waals surface area contributed by atoms with E-state index in [2.05, 4.69) is 55.5 Å². The van der Waals surface area contributed by atoms with E-state index in [4.69, 9.17) is 9.97 Å². The average molecular weight is 394 g/mol. The summed E-state index contributed by atoms with van der Waals surface area (Å²) in [5, 5.41) is 1.19. The molecule has 2 fully saturated rings. The Morgan fingerprint density at radius 1 is 0.933 bits per heavy atom. The summed E-state index contributed by atoms with van der Waals surface area (Å²) in [6.45, 7) is 7.52. The minimum absolute atomic E-state index is 0.0527. The lowest BCUT2D eigenvalue weighted by Crippen LogP contribution is -2.38. The first-order chi connectivity index (χ1) is 14.5. The fourth-order valence-electron chi connectivity index (χ4n) is 8.06. The zero-order valence-corrected chi connectivity index (χ0v) is 18.0. The summed E-state index contributed by atoms with van der Waals surface area (Å²) in [5.41, 5.74) is 10.1. The van der Waals surface area contributed by atoms with Gasteiger partial charge in [-0.05, 0) is 90.2 Å². The van der Waals surface area contributed by atoms with Crippen LogP contribution in [0.4, 0.5) is 0 Å². The second-order valence-corrected chi connectivity index (χ2v) is 11.2. The molecule has 4 atom stereocenters. The lowest BCUT2D eigenvalue weighted by molar-refractivity contribution is 0.193. The van der Waals surface area contributed by atoms with Gasteiger partial charge in [-0.15, -0.1) is 0 Å². The van der Waals surface area contributed by atoms with Crippen LogP contribution in [0.1, 0.15) is 93.1 Å². The molecule has 8 rings (SSSR count). The Balaban J connectivity index is 1.68. The number of aromatic nitrogens is 3. The number of benzene rings is 2. The molecule has 2 aromatic carbocycles. The monoisotopic (exact) mass is 393 g/mol. The Labute approximate surface area is 176 Å². The van der Waals surface area contributed by atoms with Gasteiger partial charge in [0.2, 0.25) is 0 Å². The number of para-hydroxylation sites is 1. The standard InChI is InChI=1S/C27H27N3/c1-26(2)18-10-11-27(26,3)25-29-19-7-5-4-6-16(19)24-28-20-13-17-14-8-9-15(12-14)21(17)22(18)23(20)30(24)25/h4-7,13-15,18H,8-12H2,1-3H3/t14-,15+,18?,27+/m1/s1. The maximum atomic E-state index is 5.36. The minimum Gasteiger partial charge on any atom is -0.279 e. The summed E-state index contributed by atoms with van der Waals surface area (Å²) >= 11 is 0. The highest BCUT2D eigenvalue weighted by atomic mass is 15.1. The summed E-state index contributed by atoms with van der Waals surface area (Å²) in [4.78, 5) is 10.7. The molecule has 3 nitrogen and oxygen atoms in total. The molecule has 1 aliphatic heterocycles. The molecule has 3 aliphatic carbocycles. The van der Waals surface area contributed by atoms with Crippen molar-refractivity contribution in [1.82, 2.24) is 14.4 Å². The van der Waals surface area contributed by atoms with Gasteiger partial charge in [-0.3, -0.25) is 4.40 Å². The Bertz CT molecular complexity index is 1440. The normalized spacial score (nSPS) is 32.6. The highest BCUT2D eigenvalue weighted by Gasteiger charge is 2.58. The summed E-state index contributed by atoms with van der Waals surface area (Å²) in [6, 6.07) is 11.1. The van der Waals surface area contributed by atoms with E-state index >= 15 is 0 Å². The molecule has 2 saturated carbocycles. The van der Waals surface area contributed by atoms with Crippen molar-refractivity contribution < 1.29 is 0 Å². The van der Waals surface area contributed by atoms with Gasteiger partial charge in [0.1, 0.15) is 11.5 Å². The van der Waals surface area contributed by atoms with E-state index in [1.165, 1.54) is 54.3 Å². The fourth-order valence-corrected chi connectivity index (χ4v) is 8.06. The van der Waals surface area contributed by atoms with E-state index in [0.29, 0.717) is 5.92 Å². The van der Waals surface area contributed by atoms with Crippen LogP contribution in [0.3, 0.4) is 0 Å². The van der Waals surface area contributed by atoms with Crippen molar-refractivity contribution in [2.75, 3.05) is 0 Å². The van der Waals surface area contributed by atoms with Crippen molar-refractivity contribution >= 4 is 27.6 Å². The van der Waals surface area contributed by atoms with Crippen molar-refractivity contribution in [3.8, 4) is 0 Å². The SMILES string of the molecule is CC1(C)C2CC[C@@]1(C)c1nc3ccccc3c3nc4cc5c(c2c4n13)[C@H]1CC[C@@H]5C1. The maximum Gasteiger partial charge on any atom is 0.148 e. The summed E-state index contributed by atoms with van der Waals surface area (Å²) < 4.78 is 2.50. The highest BCUT2D eigenvalue weighted by molar-refractivity contribution is 5.98. The molecule has 0 spiro atoms. The summed E-state index contributed by atoms with van der Waals surface area (Å²) in [7, 11) is 0. The van der Waals surface area contributed by atoms with Gasteiger partial charge in [-0.2, -0.15) is 0 Å². The molecule has 1 unspecified atom stereocenters. The molecule has 2 aromatic heterocycles. The molecular weight excluding hydrogens is 366 g/mol. The van der Waals surface area contributed by atoms with E-state index in [1.54, 1.807) is 16.7 Å². The third-order valence-electron chi connectivity index (χ3n) is 9.98. The third kappa shape index (κ3) is 1.53. The van der Waals surface area contributed by atoms with Gasteiger partial charge in [0.15, 0.2) is 0 Å². The average Bonchev–Trinajstić information content (AvgIpc) is 3.47. The van der Waals surface area contributed by atoms with E-state index in [-0.39, 0.29) is 10.8 Å². The third-order valence-corrected chi connectivity index (χ3v) is 9.98. The van der Waals surface area contributed by atoms with E-state index < -0.39 is 0 Å². The number of rotatable bonds is 0. The molecule has 4 bridgehead atoms. The number of hydrogen-bond donors (Lipinski definition) is 0. The Hall–Kier alpha value is -2.42. The van der Waals surface area contributed by atoms with Crippen molar-refractivity contribution in [1.29, 1.82) is 0 Å². The Morgan fingerprint density at radius 3 is 2.67 bits per heavy atom. The van der Waals surface area contributed by atoms with Crippen LogP contribution in [0.15, 0.2) is 30.3 Å². The van der Waals surface area contributed by atoms with E-state index in [9.17, 15) is 0 Å². The molecule has 3 heterocycles. The second-order valence-electron chi connectivity index (χ2n) is 11.2. The quantitative estimate of drug-likeness (QED) is 0.338. The first-order valence-electron chi connectivity index (χ1n) is 11.8. The Morgan fingerprint density at radius 2 is 1.77 bits per heavy atom. The van der Waals surface area contributed by atoms with Gasteiger partial charge >= 0.3 is 0 Å². The lowest BCUT2D eigenvalue weighted by atomic mass is 9.63. The zero-order chi connectivity index (χ0) is 20.0. The molecule has 30 heavy (non-hydrogen) atoms. The van der Waals surface area contributed by atoms with Gasteiger partial charge < -0.3 is 0 Å². The van der Waals surface area contributed by atoms with Gasteiger partial charge in [-0.25, -0.2) is 9.97 Å². The van der Waals surface area contributed by atoms with Crippen molar-refractivity contribution in [2.45, 2.75) is 76.0 Å². The van der Waals surface area contributed by atoms with Crippen LogP contribution in [-0.4, -0.2) is 14.4 Å². The molecule has 3 heteroatoms. The fraction of sp³-hybridized carbons (Fsp3) is 0.481. The molecule has 0 N–H and O–H groups in total. The second kappa shape index (κ2) is 4.74. The van der Waals surface area contributed by atoms with Crippen LogP contribution < -0.4 is 0 Å². The minimum atomic E-state index is 0.0527. The van der Waals surface area contributed by atoms with Crippen LogP contribution in [0.2, 0.25) is 0 Å². The van der Waals surface area contributed by atoms with Gasteiger partial charge in [0.25, 0.3) is 0 Å². The van der Waals surface area contributed by atoms with Gasteiger partial charge in [-0.1, -0.05) is 32.9 Å². The number of nitrogens with zero attached hydrogens (tertiary/aromatic N) is 3. The first kappa shape index (κ1) is 16.3. The predicted octanol–water partition coefficient (Wildman–Crippen LogP) is 6.58. The van der Waals surface area contributed by atoms with Crippen LogP contribution in [0.25, 0.3) is 27.6 Å². The molecular formula is C27H27N3. The predicted molar refractivity (Wildman–Crippen MR) is 120 cm³/mol. The van der Waals surface area contributed by atoms with Crippen LogP contribution >= 0.6 is 0 Å². The molecule has 0 amide bonds.